The molecule has 1 aromatic rings. The van der Waals surface area contributed by atoms with Crippen molar-refractivity contribution in [2.75, 3.05) is 13.7 Å². The number of aryl methyl sites for hydroxylation is 1. The van der Waals surface area contributed by atoms with Crippen molar-refractivity contribution in [3.05, 3.63) is 35.4 Å². The number of fused-ring (bicyclic) bond motifs is 1. The molecule has 1 aromatic carbocycles. The quantitative estimate of drug-likeness (QED) is 0.860. The molecule has 134 valence electrons. The van der Waals surface area contributed by atoms with Crippen LogP contribution in [0.3, 0.4) is 0 Å². The van der Waals surface area contributed by atoms with E-state index in [0.29, 0.717) is 6.67 Å². The molecule has 0 aromatic heterocycles. The fourth-order valence-electron chi connectivity index (χ4n) is 4.94. The molecule has 5 heteroatoms. The molecule has 4 rings (SSSR count). The number of rotatable bonds is 3. The van der Waals surface area contributed by atoms with Crippen LogP contribution in [0.1, 0.15) is 56.2 Å². The Labute approximate surface area is 149 Å². The number of benzene rings is 1. The summed E-state index contributed by atoms with van der Waals surface area (Å²) in [7, 11) is 2.02. The zero-order valence-corrected chi connectivity index (χ0v) is 15.1. The van der Waals surface area contributed by atoms with Gasteiger partial charge in [0.15, 0.2) is 0 Å². The number of carbonyl (C=O) groups excluding carboxylic acids is 2. The van der Waals surface area contributed by atoms with Crippen molar-refractivity contribution in [2.24, 2.45) is 5.92 Å². The van der Waals surface area contributed by atoms with Gasteiger partial charge in [0.05, 0.1) is 6.67 Å². The summed E-state index contributed by atoms with van der Waals surface area (Å²) in [6.07, 6.45) is 6.03. The SMILES string of the molecule is CC1CCCCC12NC(=O)N(CN(C)C1CCc3ccccc31)C2=O. The maximum Gasteiger partial charge on any atom is 0.326 e. The summed E-state index contributed by atoms with van der Waals surface area (Å²) in [5, 5.41) is 3.04. The van der Waals surface area contributed by atoms with E-state index in [2.05, 4.69) is 41.4 Å². The summed E-state index contributed by atoms with van der Waals surface area (Å²) < 4.78 is 0. The highest BCUT2D eigenvalue weighted by molar-refractivity contribution is 6.07. The minimum absolute atomic E-state index is 0.0252. The molecule has 3 aliphatic rings. The van der Waals surface area contributed by atoms with Crippen LogP contribution in [-0.4, -0.2) is 41.0 Å². The number of imide groups is 1. The van der Waals surface area contributed by atoms with Gasteiger partial charge in [-0.3, -0.25) is 9.69 Å². The summed E-state index contributed by atoms with van der Waals surface area (Å²) in [6.45, 7) is 2.45. The summed E-state index contributed by atoms with van der Waals surface area (Å²) in [5.41, 5.74) is 2.05. The summed E-state index contributed by atoms with van der Waals surface area (Å²) in [6, 6.07) is 8.54. The highest BCUT2D eigenvalue weighted by Crippen LogP contribution is 2.39. The number of urea groups is 1. The monoisotopic (exact) mass is 341 g/mol. The van der Waals surface area contributed by atoms with Gasteiger partial charge >= 0.3 is 6.03 Å². The van der Waals surface area contributed by atoms with Crippen LogP contribution in [0, 0.1) is 5.92 Å². The number of amides is 3. The highest BCUT2D eigenvalue weighted by atomic mass is 16.2. The van der Waals surface area contributed by atoms with Gasteiger partial charge < -0.3 is 5.32 Å². The molecule has 2 aliphatic carbocycles. The first-order valence-corrected chi connectivity index (χ1v) is 9.45. The average molecular weight is 341 g/mol. The van der Waals surface area contributed by atoms with Gasteiger partial charge in [-0.15, -0.1) is 0 Å². The Kier molecular flexibility index (Phi) is 4.07. The van der Waals surface area contributed by atoms with E-state index in [0.717, 1.165) is 38.5 Å². The number of hydrogen-bond acceptors (Lipinski definition) is 3. The maximum atomic E-state index is 13.1. The molecule has 1 saturated heterocycles. The Hall–Kier alpha value is -1.88. The van der Waals surface area contributed by atoms with Gasteiger partial charge in [0, 0.05) is 6.04 Å². The molecule has 1 N–H and O–H groups in total. The Morgan fingerprint density at radius 2 is 2.04 bits per heavy atom. The van der Waals surface area contributed by atoms with Gasteiger partial charge in [-0.1, -0.05) is 44.0 Å². The van der Waals surface area contributed by atoms with Crippen molar-refractivity contribution in [1.82, 2.24) is 15.1 Å². The van der Waals surface area contributed by atoms with Crippen LogP contribution in [0.15, 0.2) is 24.3 Å². The summed E-state index contributed by atoms with van der Waals surface area (Å²) >= 11 is 0. The molecule has 3 unspecified atom stereocenters. The lowest BCUT2D eigenvalue weighted by atomic mass is 9.73. The maximum absolute atomic E-state index is 13.1. The first kappa shape index (κ1) is 16.6. The third-order valence-electron chi connectivity index (χ3n) is 6.50. The van der Waals surface area contributed by atoms with Gasteiger partial charge in [-0.25, -0.2) is 9.69 Å². The number of nitrogens with one attached hydrogen (secondary N) is 1. The van der Waals surface area contributed by atoms with Gasteiger partial charge in [-0.2, -0.15) is 0 Å². The smallest absolute Gasteiger partial charge is 0.323 e. The van der Waals surface area contributed by atoms with Gasteiger partial charge in [-0.05, 0) is 49.8 Å². The van der Waals surface area contributed by atoms with Crippen molar-refractivity contribution in [2.45, 2.75) is 57.0 Å². The van der Waals surface area contributed by atoms with Crippen molar-refractivity contribution >= 4 is 11.9 Å². The van der Waals surface area contributed by atoms with Crippen molar-refractivity contribution in [3.63, 3.8) is 0 Å². The first-order valence-electron chi connectivity index (χ1n) is 9.45. The third kappa shape index (κ3) is 2.56. The van der Waals surface area contributed by atoms with E-state index in [1.54, 1.807) is 0 Å². The molecule has 1 saturated carbocycles. The summed E-state index contributed by atoms with van der Waals surface area (Å²) in [4.78, 5) is 29.3. The first-order chi connectivity index (χ1) is 12.0. The van der Waals surface area contributed by atoms with Crippen molar-refractivity contribution < 1.29 is 9.59 Å². The van der Waals surface area contributed by atoms with E-state index in [1.807, 2.05) is 7.05 Å². The predicted molar refractivity (Wildman–Crippen MR) is 95.9 cm³/mol. The second kappa shape index (κ2) is 6.13. The van der Waals surface area contributed by atoms with Gasteiger partial charge in [0.1, 0.15) is 5.54 Å². The van der Waals surface area contributed by atoms with Crippen LogP contribution in [0.5, 0.6) is 0 Å². The van der Waals surface area contributed by atoms with E-state index in [9.17, 15) is 9.59 Å². The zero-order valence-electron chi connectivity index (χ0n) is 15.1. The van der Waals surface area contributed by atoms with E-state index in [4.69, 9.17) is 0 Å². The van der Waals surface area contributed by atoms with Crippen LogP contribution < -0.4 is 5.32 Å². The lowest BCUT2D eigenvalue weighted by Crippen LogP contribution is -2.54. The lowest BCUT2D eigenvalue weighted by molar-refractivity contribution is -0.135. The fourth-order valence-corrected chi connectivity index (χ4v) is 4.94. The molecule has 3 amide bonds. The molecule has 1 heterocycles. The van der Waals surface area contributed by atoms with Gasteiger partial charge in [0.25, 0.3) is 5.91 Å². The van der Waals surface area contributed by atoms with Crippen molar-refractivity contribution in [1.29, 1.82) is 0 Å². The summed E-state index contributed by atoms with van der Waals surface area (Å²) in [5.74, 6) is 0.183. The zero-order chi connectivity index (χ0) is 17.6. The van der Waals surface area contributed by atoms with E-state index >= 15 is 0 Å². The fraction of sp³-hybridized carbons (Fsp3) is 0.600. The van der Waals surface area contributed by atoms with Crippen molar-refractivity contribution in [3.8, 4) is 0 Å². The normalized spacial score (nSPS) is 31.7. The van der Waals surface area contributed by atoms with E-state index in [1.165, 1.54) is 16.0 Å². The highest BCUT2D eigenvalue weighted by Gasteiger charge is 2.55. The number of carbonyl (C=O) groups is 2. The van der Waals surface area contributed by atoms with Crippen LogP contribution in [0.25, 0.3) is 0 Å². The molecule has 5 nitrogen and oxygen atoms in total. The Morgan fingerprint density at radius 1 is 1.24 bits per heavy atom. The molecule has 0 radical (unpaired) electrons. The Balaban J connectivity index is 1.51. The Bertz CT molecular complexity index is 704. The van der Waals surface area contributed by atoms with Crippen LogP contribution in [0.4, 0.5) is 4.79 Å². The third-order valence-corrected chi connectivity index (χ3v) is 6.50. The molecular formula is C20H27N3O2. The van der Waals surface area contributed by atoms with Crippen LogP contribution in [-0.2, 0) is 11.2 Å². The largest absolute Gasteiger partial charge is 0.326 e. The molecular weight excluding hydrogens is 314 g/mol. The lowest BCUT2D eigenvalue weighted by Gasteiger charge is -2.37. The molecule has 2 fully saturated rings. The van der Waals surface area contributed by atoms with Crippen LogP contribution in [0.2, 0.25) is 0 Å². The van der Waals surface area contributed by atoms with E-state index in [-0.39, 0.29) is 23.9 Å². The molecule has 1 aliphatic heterocycles. The number of hydrogen-bond donors (Lipinski definition) is 1. The predicted octanol–water partition coefficient (Wildman–Crippen LogP) is 3.06. The average Bonchev–Trinajstić information content (AvgIpc) is 3.13. The Morgan fingerprint density at radius 3 is 2.84 bits per heavy atom. The molecule has 1 spiro atoms. The molecule has 3 atom stereocenters. The molecule has 25 heavy (non-hydrogen) atoms. The second-order valence-electron chi connectivity index (χ2n) is 7.93. The molecule has 0 bridgehead atoms. The number of nitrogens with zero attached hydrogens (tertiary/aromatic N) is 2. The second-order valence-corrected chi connectivity index (χ2v) is 7.93. The standard InChI is InChI=1S/C20H27N3O2/c1-14-7-5-6-12-20(14)18(24)23(19(25)21-20)13-22(2)17-11-10-15-8-3-4-9-16(15)17/h3-4,8-9,14,17H,5-7,10-13H2,1-2H3,(H,21,25). The van der Waals surface area contributed by atoms with E-state index < -0.39 is 5.54 Å². The van der Waals surface area contributed by atoms with Gasteiger partial charge in [0.2, 0.25) is 0 Å². The topological polar surface area (TPSA) is 52.7 Å². The van der Waals surface area contributed by atoms with Crippen LogP contribution >= 0.6 is 0 Å². The minimum Gasteiger partial charge on any atom is -0.323 e. The minimum atomic E-state index is -0.663.